The van der Waals surface area contributed by atoms with Crippen LogP contribution in [0.1, 0.15) is 27.2 Å². The van der Waals surface area contributed by atoms with Gasteiger partial charge >= 0.3 is 0 Å². The summed E-state index contributed by atoms with van der Waals surface area (Å²) in [6.45, 7) is 5.05. The van der Waals surface area contributed by atoms with Gasteiger partial charge < -0.3 is 10.4 Å². The smallest absolute Gasteiger partial charge is 0.217 e. The monoisotopic (exact) mass is 145 g/mol. The topological polar surface area (TPSA) is 49.3 Å². The molecule has 0 aliphatic carbocycles. The highest BCUT2D eigenvalue weighted by molar-refractivity contribution is 5.73. The molecule has 0 aromatic heterocycles. The fraction of sp³-hybridized carbons (Fsp3) is 0.857. The van der Waals surface area contributed by atoms with Crippen LogP contribution in [0.2, 0.25) is 0 Å². The van der Waals surface area contributed by atoms with E-state index < -0.39 is 0 Å². The molecule has 0 aromatic carbocycles. The van der Waals surface area contributed by atoms with Gasteiger partial charge in [-0.05, 0) is 20.3 Å². The molecule has 0 spiro atoms. The lowest BCUT2D eigenvalue weighted by Gasteiger charge is -2.13. The third-order valence-corrected chi connectivity index (χ3v) is 1.14. The molecular weight excluding hydrogens is 130 g/mol. The third-order valence-electron chi connectivity index (χ3n) is 1.14. The van der Waals surface area contributed by atoms with Crippen LogP contribution in [0.15, 0.2) is 0 Å². The largest absolute Gasteiger partial charge is 0.393 e. The Kier molecular flexibility index (Phi) is 4.03. The van der Waals surface area contributed by atoms with E-state index in [-0.39, 0.29) is 18.1 Å². The first-order chi connectivity index (χ1) is 4.52. The Bertz CT molecular complexity index is 112. The maximum absolute atomic E-state index is 10.4. The van der Waals surface area contributed by atoms with Crippen molar-refractivity contribution < 1.29 is 9.90 Å². The van der Waals surface area contributed by atoms with Crippen molar-refractivity contribution in [2.75, 3.05) is 0 Å². The second kappa shape index (κ2) is 4.28. The summed E-state index contributed by atoms with van der Waals surface area (Å²) in [4.78, 5) is 10.4. The minimum absolute atomic E-state index is 0.0480. The standard InChI is InChI=1S/C7H15NO2/c1-5(4-6(2)9)8-7(3)10/h5-6,9H,4H2,1-3H3,(H,8,10)/t5?,6-/m1/s1. The summed E-state index contributed by atoms with van der Waals surface area (Å²) in [7, 11) is 0. The van der Waals surface area contributed by atoms with Crippen LogP contribution in [0.3, 0.4) is 0 Å². The number of nitrogens with one attached hydrogen (secondary N) is 1. The molecule has 0 aliphatic rings. The predicted molar refractivity (Wildman–Crippen MR) is 39.6 cm³/mol. The van der Waals surface area contributed by atoms with Crippen molar-refractivity contribution >= 4 is 5.91 Å². The zero-order valence-corrected chi connectivity index (χ0v) is 6.72. The molecule has 0 saturated heterocycles. The van der Waals surface area contributed by atoms with E-state index in [4.69, 9.17) is 5.11 Å². The van der Waals surface area contributed by atoms with Gasteiger partial charge in [0.15, 0.2) is 0 Å². The van der Waals surface area contributed by atoms with Gasteiger partial charge in [0.05, 0.1) is 6.10 Å². The van der Waals surface area contributed by atoms with Crippen molar-refractivity contribution in [2.24, 2.45) is 0 Å². The summed E-state index contributed by atoms with van der Waals surface area (Å²) in [6, 6.07) is 0.0671. The Hall–Kier alpha value is -0.570. The van der Waals surface area contributed by atoms with E-state index in [9.17, 15) is 4.79 Å². The molecule has 0 bridgehead atoms. The summed E-state index contributed by atoms with van der Waals surface area (Å²) >= 11 is 0. The number of carbonyl (C=O) groups is 1. The average Bonchev–Trinajstić information content (AvgIpc) is 1.58. The number of carbonyl (C=O) groups excluding carboxylic acids is 1. The summed E-state index contributed by atoms with van der Waals surface area (Å²) < 4.78 is 0. The number of amides is 1. The molecule has 10 heavy (non-hydrogen) atoms. The molecule has 3 nitrogen and oxygen atoms in total. The predicted octanol–water partition coefficient (Wildman–Crippen LogP) is 0.282. The van der Waals surface area contributed by atoms with E-state index in [0.29, 0.717) is 6.42 Å². The lowest BCUT2D eigenvalue weighted by atomic mass is 10.1. The molecular formula is C7H15NO2. The van der Waals surface area contributed by atoms with E-state index >= 15 is 0 Å². The minimum atomic E-state index is -0.346. The molecule has 0 aromatic rings. The van der Waals surface area contributed by atoms with Crippen molar-refractivity contribution in [2.45, 2.75) is 39.3 Å². The number of hydrogen-bond donors (Lipinski definition) is 2. The van der Waals surface area contributed by atoms with Gasteiger partial charge in [0.1, 0.15) is 0 Å². The Morgan fingerprint density at radius 2 is 2.10 bits per heavy atom. The molecule has 0 heterocycles. The van der Waals surface area contributed by atoms with Crippen molar-refractivity contribution in [1.29, 1.82) is 0 Å². The summed E-state index contributed by atoms with van der Waals surface area (Å²) in [5.74, 6) is -0.0480. The van der Waals surface area contributed by atoms with Gasteiger partial charge in [-0.1, -0.05) is 0 Å². The van der Waals surface area contributed by atoms with E-state index in [0.717, 1.165) is 0 Å². The molecule has 60 valence electrons. The highest BCUT2D eigenvalue weighted by Gasteiger charge is 2.05. The van der Waals surface area contributed by atoms with Crippen LogP contribution in [0.4, 0.5) is 0 Å². The van der Waals surface area contributed by atoms with Crippen molar-refractivity contribution in [3.63, 3.8) is 0 Å². The first-order valence-electron chi connectivity index (χ1n) is 3.47. The van der Waals surface area contributed by atoms with E-state index in [1.807, 2.05) is 6.92 Å². The van der Waals surface area contributed by atoms with Crippen LogP contribution in [-0.2, 0) is 4.79 Å². The van der Waals surface area contributed by atoms with Gasteiger partial charge in [0.2, 0.25) is 5.91 Å². The van der Waals surface area contributed by atoms with Gasteiger partial charge in [0.25, 0.3) is 0 Å². The molecule has 0 radical (unpaired) electrons. The van der Waals surface area contributed by atoms with Crippen LogP contribution in [0.5, 0.6) is 0 Å². The number of hydrogen-bond acceptors (Lipinski definition) is 2. The van der Waals surface area contributed by atoms with Crippen molar-refractivity contribution in [3.8, 4) is 0 Å². The normalized spacial score (nSPS) is 16.0. The maximum Gasteiger partial charge on any atom is 0.217 e. The van der Waals surface area contributed by atoms with Crippen LogP contribution in [-0.4, -0.2) is 23.2 Å². The number of aliphatic hydroxyl groups excluding tert-OH is 1. The Morgan fingerprint density at radius 3 is 2.40 bits per heavy atom. The summed E-state index contributed by atoms with van der Waals surface area (Å²) in [6.07, 6.45) is 0.265. The van der Waals surface area contributed by atoms with E-state index in [2.05, 4.69) is 5.32 Å². The van der Waals surface area contributed by atoms with Gasteiger partial charge in [-0.15, -0.1) is 0 Å². The van der Waals surface area contributed by atoms with Crippen LogP contribution < -0.4 is 5.32 Å². The third kappa shape index (κ3) is 5.56. The van der Waals surface area contributed by atoms with Gasteiger partial charge in [-0.2, -0.15) is 0 Å². The molecule has 2 N–H and O–H groups in total. The van der Waals surface area contributed by atoms with Gasteiger partial charge in [-0.25, -0.2) is 0 Å². The highest BCUT2D eigenvalue weighted by atomic mass is 16.3. The molecule has 0 rings (SSSR count). The first kappa shape index (κ1) is 9.43. The zero-order chi connectivity index (χ0) is 8.15. The fourth-order valence-corrected chi connectivity index (χ4v) is 0.918. The Labute approximate surface area is 61.4 Å². The fourth-order valence-electron chi connectivity index (χ4n) is 0.918. The van der Waals surface area contributed by atoms with Crippen LogP contribution in [0.25, 0.3) is 0 Å². The number of aliphatic hydroxyl groups is 1. The van der Waals surface area contributed by atoms with Crippen LogP contribution >= 0.6 is 0 Å². The molecule has 0 saturated carbocycles. The highest BCUT2D eigenvalue weighted by Crippen LogP contribution is 1.95. The zero-order valence-electron chi connectivity index (χ0n) is 6.72. The lowest BCUT2D eigenvalue weighted by Crippen LogP contribution is -2.32. The van der Waals surface area contributed by atoms with E-state index in [1.54, 1.807) is 6.92 Å². The second-order valence-electron chi connectivity index (χ2n) is 2.69. The molecule has 0 aliphatic heterocycles. The Morgan fingerprint density at radius 1 is 1.60 bits per heavy atom. The van der Waals surface area contributed by atoms with Crippen LogP contribution in [0, 0.1) is 0 Å². The molecule has 0 fully saturated rings. The molecule has 1 amide bonds. The van der Waals surface area contributed by atoms with Crippen molar-refractivity contribution in [1.82, 2.24) is 5.32 Å². The maximum atomic E-state index is 10.4. The number of rotatable bonds is 3. The second-order valence-corrected chi connectivity index (χ2v) is 2.69. The minimum Gasteiger partial charge on any atom is -0.393 e. The molecule has 1 unspecified atom stereocenters. The quantitative estimate of drug-likeness (QED) is 0.599. The molecule has 3 heteroatoms. The summed E-state index contributed by atoms with van der Waals surface area (Å²) in [5, 5.41) is 11.6. The van der Waals surface area contributed by atoms with Gasteiger partial charge in [0, 0.05) is 13.0 Å². The Balaban J connectivity index is 3.43. The SMILES string of the molecule is CC(=O)NC(C)C[C@@H](C)O. The lowest BCUT2D eigenvalue weighted by molar-refractivity contribution is -0.119. The van der Waals surface area contributed by atoms with Gasteiger partial charge in [-0.3, -0.25) is 4.79 Å². The summed E-state index contributed by atoms with van der Waals surface area (Å²) in [5.41, 5.74) is 0. The first-order valence-corrected chi connectivity index (χ1v) is 3.47. The molecule has 2 atom stereocenters. The average molecular weight is 145 g/mol. The van der Waals surface area contributed by atoms with Crippen molar-refractivity contribution in [3.05, 3.63) is 0 Å². The van der Waals surface area contributed by atoms with E-state index in [1.165, 1.54) is 6.92 Å².